The van der Waals surface area contributed by atoms with E-state index in [4.69, 9.17) is 4.74 Å². The summed E-state index contributed by atoms with van der Waals surface area (Å²) in [6, 6.07) is 0. The molecule has 0 radical (unpaired) electrons. The average molecular weight is 449 g/mol. The quantitative estimate of drug-likeness (QED) is 0.509. The fourth-order valence-corrected chi connectivity index (χ4v) is 6.42. The maximum atomic E-state index is 12.6. The molecule has 0 bridgehead atoms. The Balaban J connectivity index is 1.36. The molecule has 2 heterocycles. The van der Waals surface area contributed by atoms with Gasteiger partial charge in [0.25, 0.3) is 0 Å². The van der Waals surface area contributed by atoms with Gasteiger partial charge in [-0.1, -0.05) is 43.9 Å². The SMILES string of the molecule is COC(=O)c1c(NC(=O)CSc2nnc(CC3CCCCC3)n2C)sc2c1CCC2. The molecule has 0 spiro atoms. The Morgan fingerprint density at radius 3 is 2.77 bits per heavy atom. The molecule has 4 rings (SSSR count). The van der Waals surface area contributed by atoms with Crippen molar-refractivity contribution >= 4 is 40.0 Å². The Labute approximate surface area is 185 Å². The largest absolute Gasteiger partial charge is 0.465 e. The minimum absolute atomic E-state index is 0.151. The summed E-state index contributed by atoms with van der Waals surface area (Å²) in [7, 11) is 3.35. The first-order chi connectivity index (χ1) is 14.6. The number of methoxy groups -OCH3 is 1. The van der Waals surface area contributed by atoms with E-state index in [1.54, 1.807) is 0 Å². The normalized spacial score (nSPS) is 16.5. The number of hydrogen-bond acceptors (Lipinski definition) is 7. The number of aryl methyl sites for hydroxylation is 1. The lowest BCUT2D eigenvalue weighted by molar-refractivity contribution is -0.113. The van der Waals surface area contributed by atoms with Crippen LogP contribution < -0.4 is 5.32 Å². The molecule has 162 valence electrons. The molecule has 30 heavy (non-hydrogen) atoms. The molecule has 2 aromatic heterocycles. The molecule has 0 aromatic carbocycles. The molecular formula is C21H28N4O3S2. The molecule has 0 aliphatic heterocycles. The van der Waals surface area contributed by atoms with Crippen LogP contribution in [0.4, 0.5) is 5.00 Å². The third kappa shape index (κ3) is 4.56. The number of thiophene rings is 1. The van der Waals surface area contributed by atoms with Crippen molar-refractivity contribution in [1.82, 2.24) is 14.8 Å². The number of ether oxygens (including phenoxy) is 1. The van der Waals surface area contributed by atoms with Crippen molar-refractivity contribution in [3.63, 3.8) is 0 Å². The molecule has 0 saturated heterocycles. The van der Waals surface area contributed by atoms with Crippen LogP contribution in [-0.4, -0.2) is 39.5 Å². The van der Waals surface area contributed by atoms with Gasteiger partial charge in [0.05, 0.1) is 18.4 Å². The van der Waals surface area contributed by atoms with Crippen molar-refractivity contribution in [2.75, 3.05) is 18.2 Å². The smallest absolute Gasteiger partial charge is 0.341 e. The number of nitrogens with one attached hydrogen (secondary N) is 1. The Kier molecular flexibility index (Phi) is 6.77. The lowest BCUT2D eigenvalue weighted by Crippen LogP contribution is -2.16. The molecule has 0 atom stereocenters. The number of aromatic nitrogens is 3. The monoisotopic (exact) mass is 448 g/mol. The zero-order valence-electron chi connectivity index (χ0n) is 17.5. The van der Waals surface area contributed by atoms with Crippen LogP contribution in [0.5, 0.6) is 0 Å². The third-order valence-electron chi connectivity index (χ3n) is 6.02. The predicted molar refractivity (Wildman–Crippen MR) is 118 cm³/mol. The van der Waals surface area contributed by atoms with Gasteiger partial charge in [-0.2, -0.15) is 0 Å². The van der Waals surface area contributed by atoms with Gasteiger partial charge < -0.3 is 14.6 Å². The van der Waals surface area contributed by atoms with Crippen LogP contribution >= 0.6 is 23.1 Å². The first kappa shape index (κ1) is 21.4. The molecule has 7 nitrogen and oxygen atoms in total. The number of thioether (sulfide) groups is 1. The van der Waals surface area contributed by atoms with E-state index in [1.807, 2.05) is 11.6 Å². The number of rotatable bonds is 7. The van der Waals surface area contributed by atoms with Crippen LogP contribution in [0.3, 0.4) is 0 Å². The molecule has 0 unspecified atom stereocenters. The summed E-state index contributed by atoms with van der Waals surface area (Å²) in [4.78, 5) is 26.0. The van der Waals surface area contributed by atoms with Gasteiger partial charge >= 0.3 is 5.97 Å². The number of nitrogens with zero attached hydrogens (tertiary/aromatic N) is 3. The highest BCUT2D eigenvalue weighted by molar-refractivity contribution is 7.99. The Morgan fingerprint density at radius 2 is 2.00 bits per heavy atom. The summed E-state index contributed by atoms with van der Waals surface area (Å²) in [5.41, 5.74) is 1.57. The Morgan fingerprint density at radius 1 is 1.20 bits per heavy atom. The predicted octanol–water partition coefficient (Wildman–Crippen LogP) is 4.01. The molecule has 1 saturated carbocycles. The van der Waals surface area contributed by atoms with Crippen molar-refractivity contribution in [1.29, 1.82) is 0 Å². The number of amides is 1. The summed E-state index contributed by atoms with van der Waals surface area (Å²) >= 11 is 2.87. The molecule has 1 N–H and O–H groups in total. The highest BCUT2D eigenvalue weighted by Gasteiger charge is 2.28. The third-order valence-corrected chi connectivity index (χ3v) is 8.24. The Bertz CT molecular complexity index is 931. The van der Waals surface area contributed by atoms with Crippen LogP contribution in [0.15, 0.2) is 5.16 Å². The second-order valence-electron chi connectivity index (χ2n) is 8.06. The van der Waals surface area contributed by atoms with E-state index in [0.29, 0.717) is 16.5 Å². The summed E-state index contributed by atoms with van der Waals surface area (Å²) in [5.74, 6) is 1.38. The van der Waals surface area contributed by atoms with Gasteiger partial charge in [-0.05, 0) is 30.7 Å². The second-order valence-corrected chi connectivity index (χ2v) is 10.1. The minimum Gasteiger partial charge on any atom is -0.465 e. The van der Waals surface area contributed by atoms with Gasteiger partial charge in [-0.3, -0.25) is 4.79 Å². The van der Waals surface area contributed by atoms with E-state index in [2.05, 4.69) is 15.5 Å². The van der Waals surface area contributed by atoms with Crippen LogP contribution in [0.1, 0.15) is 65.1 Å². The number of hydrogen-bond donors (Lipinski definition) is 1. The van der Waals surface area contributed by atoms with Crippen molar-refractivity contribution in [2.45, 2.75) is 62.9 Å². The lowest BCUT2D eigenvalue weighted by atomic mass is 9.87. The van der Waals surface area contributed by atoms with Gasteiger partial charge in [0.2, 0.25) is 5.91 Å². The zero-order valence-corrected chi connectivity index (χ0v) is 19.2. The van der Waals surface area contributed by atoms with Crippen LogP contribution in [0.25, 0.3) is 0 Å². The molecule has 2 aliphatic carbocycles. The van der Waals surface area contributed by atoms with Crippen molar-refractivity contribution in [2.24, 2.45) is 13.0 Å². The van der Waals surface area contributed by atoms with Gasteiger partial charge in [-0.15, -0.1) is 21.5 Å². The number of fused-ring (bicyclic) bond motifs is 1. The highest BCUT2D eigenvalue weighted by Crippen LogP contribution is 2.39. The fraction of sp³-hybridized carbons (Fsp3) is 0.619. The number of esters is 1. The van der Waals surface area contributed by atoms with E-state index < -0.39 is 0 Å². The molecule has 2 aromatic rings. The van der Waals surface area contributed by atoms with E-state index in [1.165, 1.54) is 67.2 Å². The lowest BCUT2D eigenvalue weighted by Gasteiger charge is -2.20. The maximum absolute atomic E-state index is 12.6. The van der Waals surface area contributed by atoms with Gasteiger partial charge in [0.1, 0.15) is 10.8 Å². The first-order valence-corrected chi connectivity index (χ1v) is 12.4. The van der Waals surface area contributed by atoms with Crippen molar-refractivity contribution in [3.8, 4) is 0 Å². The molecular weight excluding hydrogens is 420 g/mol. The molecule has 2 aliphatic rings. The van der Waals surface area contributed by atoms with Crippen molar-refractivity contribution in [3.05, 3.63) is 21.8 Å². The molecule has 9 heteroatoms. The average Bonchev–Trinajstić information content (AvgIpc) is 3.42. The fourth-order valence-electron chi connectivity index (χ4n) is 4.40. The zero-order chi connectivity index (χ0) is 21.1. The summed E-state index contributed by atoms with van der Waals surface area (Å²) in [6.07, 6.45) is 10.3. The Hall–Kier alpha value is -1.87. The van der Waals surface area contributed by atoms with Gasteiger partial charge in [0, 0.05) is 18.3 Å². The van der Waals surface area contributed by atoms with E-state index >= 15 is 0 Å². The minimum atomic E-state index is -0.377. The summed E-state index contributed by atoms with van der Waals surface area (Å²) in [5, 5.41) is 12.9. The number of anilines is 1. The van der Waals surface area contributed by atoms with Gasteiger partial charge in [0.15, 0.2) is 5.16 Å². The van der Waals surface area contributed by atoms with Crippen molar-refractivity contribution < 1.29 is 14.3 Å². The standard InChI is InChI=1S/C21H28N4O3S2/c1-25-16(11-13-7-4-3-5-8-13)23-24-21(25)29-12-17(26)22-19-18(20(27)28-2)14-9-6-10-15(14)30-19/h13H,3-12H2,1-2H3,(H,22,26). The van der Waals surface area contributed by atoms with Gasteiger partial charge in [-0.25, -0.2) is 4.79 Å². The van der Waals surface area contributed by atoms with E-state index in [-0.39, 0.29) is 17.6 Å². The second kappa shape index (κ2) is 9.51. The van der Waals surface area contributed by atoms with E-state index in [0.717, 1.165) is 42.2 Å². The topological polar surface area (TPSA) is 86.1 Å². The summed E-state index contributed by atoms with van der Waals surface area (Å²) < 4.78 is 6.95. The highest BCUT2D eigenvalue weighted by atomic mass is 32.2. The first-order valence-electron chi connectivity index (χ1n) is 10.6. The van der Waals surface area contributed by atoms with Crippen LogP contribution in [-0.2, 0) is 35.8 Å². The maximum Gasteiger partial charge on any atom is 0.341 e. The molecule has 1 fully saturated rings. The summed E-state index contributed by atoms with van der Waals surface area (Å²) in [6.45, 7) is 0. The number of carbonyl (C=O) groups is 2. The van der Waals surface area contributed by atoms with Crippen LogP contribution in [0, 0.1) is 5.92 Å². The molecule has 1 amide bonds. The van der Waals surface area contributed by atoms with E-state index in [9.17, 15) is 9.59 Å². The van der Waals surface area contributed by atoms with Crippen LogP contribution in [0.2, 0.25) is 0 Å². The number of carbonyl (C=O) groups excluding carboxylic acids is 2.